The second-order valence-corrected chi connectivity index (χ2v) is 4.63. The second kappa shape index (κ2) is 2.36. The standard InChI is InChI=1S/C7H9Cl2NO2/c1-3-6(2,7(3,8)9)4(11)5(10)12/h3H,1-2H3,(H2,10,12). The van der Waals surface area contributed by atoms with Gasteiger partial charge in [-0.1, -0.05) is 6.92 Å². The molecule has 1 amide bonds. The first-order valence-electron chi connectivity index (χ1n) is 3.48. The Hall–Kier alpha value is -0.280. The van der Waals surface area contributed by atoms with Gasteiger partial charge in [-0.2, -0.15) is 0 Å². The number of primary amides is 1. The minimum atomic E-state index is -1.14. The van der Waals surface area contributed by atoms with Gasteiger partial charge < -0.3 is 5.73 Å². The lowest BCUT2D eigenvalue weighted by molar-refractivity contribution is -0.139. The summed E-state index contributed by atoms with van der Waals surface area (Å²) in [7, 11) is 0. The van der Waals surface area contributed by atoms with Crippen LogP contribution < -0.4 is 5.73 Å². The summed E-state index contributed by atoms with van der Waals surface area (Å²) in [5, 5.41) is 0. The highest BCUT2D eigenvalue weighted by Gasteiger charge is 2.75. The molecule has 0 aromatic heterocycles. The number of alkyl halides is 2. The van der Waals surface area contributed by atoms with E-state index >= 15 is 0 Å². The van der Waals surface area contributed by atoms with E-state index < -0.39 is 21.4 Å². The third kappa shape index (κ3) is 0.896. The van der Waals surface area contributed by atoms with Crippen LogP contribution in [0.4, 0.5) is 0 Å². The molecular weight excluding hydrogens is 201 g/mol. The van der Waals surface area contributed by atoms with E-state index in [4.69, 9.17) is 28.9 Å². The van der Waals surface area contributed by atoms with Crippen molar-refractivity contribution in [3.63, 3.8) is 0 Å². The molecular formula is C7H9Cl2NO2. The van der Waals surface area contributed by atoms with Crippen LogP contribution in [-0.2, 0) is 9.59 Å². The summed E-state index contributed by atoms with van der Waals surface area (Å²) < 4.78 is -1.14. The van der Waals surface area contributed by atoms with E-state index in [-0.39, 0.29) is 5.92 Å². The summed E-state index contributed by atoms with van der Waals surface area (Å²) in [6, 6.07) is 0. The Balaban J connectivity index is 2.93. The molecule has 0 saturated heterocycles. The minimum absolute atomic E-state index is 0.228. The summed E-state index contributed by atoms with van der Waals surface area (Å²) in [6.07, 6.45) is 0. The predicted molar refractivity (Wildman–Crippen MR) is 45.9 cm³/mol. The van der Waals surface area contributed by atoms with E-state index in [9.17, 15) is 9.59 Å². The second-order valence-electron chi connectivity index (χ2n) is 3.24. The van der Waals surface area contributed by atoms with Crippen LogP contribution in [0.1, 0.15) is 13.8 Å². The van der Waals surface area contributed by atoms with Crippen LogP contribution in [0.3, 0.4) is 0 Å². The molecule has 0 heterocycles. The van der Waals surface area contributed by atoms with Crippen molar-refractivity contribution in [1.29, 1.82) is 0 Å². The molecule has 1 saturated carbocycles. The topological polar surface area (TPSA) is 60.2 Å². The van der Waals surface area contributed by atoms with Crippen molar-refractivity contribution in [3.8, 4) is 0 Å². The Kier molecular flexibility index (Phi) is 1.93. The number of carbonyl (C=O) groups is 2. The molecule has 2 N–H and O–H groups in total. The number of rotatable bonds is 2. The third-order valence-electron chi connectivity index (χ3n) is 2.71. The average Bonchev–Trinajstić information content (AvgIpc) is 2.34. The highest BCUT2D eigenvalue weighted by Crippen LogP contribution is 2.69. The predicted octanol–water partition coefficient (Wildman–Crippen LogP) is 0.871. The molecule has 2 unspecified atom stereocenters. The van der Waals surface area contributed by atoms with Crippen LogP contribution in [0.2, 0.25) is 0 Å². The first-order chi connectivity index (χ1) is 5.26. The lowest BCUT2D eigenvalue weighted by Gasteiger charge is -2.06. The Morgan fingerprint density at radius 1 is 1.42 bits per heavy atom. The number of nitrogens with two attached hydrogens (primary N) is 1. The number of Topliss-reactive ketones (excluding diaryl/α,β-unsaturated/α-hetero) is 1. The third-order valence-corrected chi connectivity index (χ3v) is 4.15. The number of hydrogen-bond donors (Lipinski definition) is 1. The Bertz CT molecular complexity index is 264. The maximum absolute atomic E-state index is 11.2. The first kappa shape index (κ1) is 9.81. The van der Waals surface area contributed by atoms with Crippen LogP contribution in [0.5, 0.6) is 0 Å². The molecule has 0 aromatic carbocycles. The molecule has 0 spiro atoms. The van der Waals surface area contributed by atoms with Gasteiger partial charge in [0.25, 0.3) is 5.91 Å². The molecule has 0 radical (unpaired) electrons. The van der Waals surface area contributed by atoms with Crippen molar-refractivity contribution < 1.29 is 9.59 Å². The zero-order valence-corrected chi connectivity index (χ0v) is 8.24. The normalized spacial score (nSPS) is 37.5. The van der Waals surface area contributed by atoms with Crippen molar-refractivity contribution >= 4 is 34.9 Å². The molecule has 12 heavy (non-hydrogen) atoms. The number of amides is 1. The number of hydrogen-bond acceptors (Lipinski definition) is 2. The smallest absolute Gasteiger partial charge is 0.285 e. The molecule has 1 aliphatic carbocycles. The fourth-order valence-corrected chi connectivity index (χ4v) is 2.17. The zero-order chi connectivity index (χ0) is 9.73. The number of halogens is 2. The molecule has 3 nitrogen and oxygen atoms in total. The van der Waals surface area contributed by atoms with Crippen LogP contribution in [0.15, 0.2) is 0 Å². The maximum atomic E-state index is 11.2. The van der Waals surface area contributed by atoms with E-state index in [1.807, 2.05) is 0 Å². The van der Waals surface area contributed by atoms with Gasteiger partial charge in [-0.05, 0) is 6.92 Å². The van der Waals surface area contributed by atoms with Crippen molar-refractivity contribution in [2.24, 2.45) is 17.1 Å². The Labute approximate surface area is 80.2 Å². The molecule has 1 rings (SSSR count). The lowest BCUT2D eigenvalue weighted by atomic mass is 10.0. The lowest BCUT2D eigenvalue weighted by Crippen LogP contribution is -2.32. The minimum Gasteiger partial charge on any atom is -0.363 e. The molecule has 0 aliphatic heterocycles. The summed E-state index contributed by atoms with van der Waals surface area (Å²) in [4.78, 5) is 21.8. The molecule has 1 aliphatic rings. The van der Waals surface area contributed by atoms with Gasteiger partial charge in [0.15, 0.2) is 0 Å². The summed E-state index contributed by atoms with van der Waals surface area (Å²) in [6.45, 7) is 3.26. The van der Waals surface area contributed by atoms with E-state index in [0.717, 1.165) is 0 Å². The number of carbonyl (C=O) groups excluding carboxylic acids is 2. The van der Waals surface area contributed by atoms with Crippen LogP contribution >= 0.6 is 23.2 Å². The van der Waals surface area contributed by atoms with Crippen LogP contribution in [-0.4, -0.2) is 16.0 Å². The molecule has 2 atom stereocenters. The molecule has 0 aromatic rings. The SMILES string of the molecule is CC1C(Cl)(Cl)C1(C)C(=O)C(N)=O. The highest BCUT2D eigenvalue weighted by molar-refractivity contribution is 6.56. The highest BCUT2D eigenvalue weighted by atomic mass is 35.5. The van der Waals surface area contributed by atoms with E-state index in [2.05, 4.69) is 0 Å². The summed E-state index contributed by atoms with van der Waals surface area (Å²) >= 11 is 11.5. The molecule has 68 valence electrons. The van der Waals surface area contributed by atoms with Gasteiger partial charge in [-0.25, -0.2) is 0 Å². The van der Waals surface area contributed by atoms with Crippen molar-refractivity contribution in [2.75, 3.05) is 0 Å². The van der Waals surface area contributed by atoms with Crippen molar-refractivity contribution in [3.05, 3.63) is 0 Å². The molecule has 1 fully saturated rings. The maximum Gasteiger partial charge on any atom is 0.285 e. The Morgan fingerprint density at radius 2 is 1.75 bits per heavy atom. The summed E-state index contributed by atoms with van der Waals surface area (Å²) in [5.41, 5.74) is 3.84. The average molecular weight is 210 g/mol. The van der Waals surface area contributed by atoms with E-state index in [1.54, 1.807) is 13.8 Å². The van der Waals surface area contributed by atoms with Crippen LogP contribution in [0, 0.1) is 11.3 Å². The fraction of sp³-hybridized carbons (Fsp3) is 0.714. The van der Waals surface area contributed by atoms with Gasteiger partial charge in [-0.15, -0.1) is 23.2 Å². The summed E-state index contributed by atoms with van der Waals surface area (Å²) in [5.74, 6) is -1.90. The largest absolute Gasteiger partial charge is 0.363 e. The van der Waals surface area contributed by atoms with Gasteiger partial charge in [0.2, 0.25) is 5.78 Å². The molecule has 0 bridgehead atoms. The van der Waals surface area contributed by atoms with Gasteiger partial charge in [0.05, 0.1) is 5.41 Å². The van der Waals surface area contributed by atoms with Gasteiger partial charge in [0, 0.05) is 5.92 Å². The van der Waals surface area contributed by atoms with Gasteiger partial charge in [0.1, 0.15) is 4.33 Å². The molecule has 5 heteroatoms. The Morgan fingerprint density at radius 3 is 1.83 bits per heavy atom. The monoisotopic (exact) mass is 209 g/mol. The van der Waals surface area contributed by atoms with Gasteiger partial charge in [-0.3, -0.25) is 9.59 Å². The number of ketones is 1. The van der Waals surface area contributed by atoms with Gasteiger partial charge >= 0.3 is 0 Å². The van der Waals surface area contributed by atoms with E-state index in [0.29, 0.717) is 0 Å². The van der Waals surface area contributed by atoms with Crippen LogP contribution in [0.25, 0.3) is 0 Å². The fourth-order valence-electron chi connectivity index (χ4n) is 1.34. The van der Waals surface area contributed by atoms with Crippen molar-refractivity contribution in [1.82, 2.24) is 0 Å². The van der Waals surface area contributed by atoms with Crippen molar-refractivity contribution in [2.45, 2.75) is 18.2 Å². The first-order valence-corrected chi connectivity index (χ1v) is 4.24. The quantitative estimate of drug-likeness (QED) is 0.543. The zero-order valence-electron chi connectivity index (χ0n) is 6.73. The van der Waals surface area contributed by atoms with E-state index in [1.165, 1.54) is 0 Å².